The fourth-order valence-corrected chi connectivity index (χ4v) is 0.742. The van der Waals surface area contributed by atoms with Crippen LogP contribution in [-0.4, -0.2) is 24.3 Å². The predicted octanol–water partition coefficient (Wildman–Crippen LogP) is 1.27. The molecule has 0 saturated carbocycles. The van der Waals surface area contributed by atoms with E-state index in [1.807, 2.05) is 6.08 Å². The summed E-state index contributed by atoms with van der Waals surface area (Å²) >= 11 is 0. The zero-order valence-corrected chi connectivity index (χ0v) is 7.62. The Labute approximate surface area is 73.0 Å². The van der Waals surface area contributed by atoms with Gasteiger partial charge in [-0.1, -0.05) is 25.5 Å². The highest BCUT2D eigenvalue weighted by Gasteiger charge is 2.12. The summed E-state index contributed by atoms with van der Waals surface area (Å²) in [5.41, 5.74) is 0. The second-order valence-corrected chi connectivity index (χ2v) is 2.53. The van der Waals surface area contributed by atoms with Gasteiger partial charge in [0.25, 0.3) is 0 Å². The molecule has 1 N–H and O–H groups in total. The van der Waals surface area contributed by atoms with Crippen molar-refractivity contribution in [1.29, 1.82) is 0 Å². The number of hydrogen-bond donors (Lipinski definition) is 1. The number of allylic oxidation sites excluding steroid dienone is 1. The molecule has 3 nitrogen and oxygen atoms in total. The molecular formula is C9H16O3. The van der Waals surface area contributed by atoms with Crippen molar-refractivity contribution < 1.29 is 14.6 Å². The highest BCUT2D eigenvalue weighted by molar-refractivity contribution is 5.74. The smallest absolute Gasteiger partial charge is 0.335 e. The maximum absolute atomic E-state index is 10.7. The van der Waals surface area contributed by atoms with E-state index < -0.39 is 12.1 Å². The topological polar surface area (TPSA) is 46.5 Å². The van der Waals surface area contributed by atoms with Gasteiger partial charge >= 0.3 is 5.97 Å². The summed E-state index contributed by atoms with van der Waals surface area (Å²) in [4.78, 5) is 10.7. The van der Waals surface area contributed by atoms with Gasteiger partial charge in [0.1, 0.15) is 0 Å². The van der Waals surface area contributed by atoms with E-state index in [1.165, 1.54) is 7.11 Å². The van der Waals surface area contributed by atoms with Crippen molar-refractivity contribution >= 4 is 5.97 Å². The molecule has 0 aromatic carbocycles. The van der Waals surface area contributed by atoms with Gasteiger partial charge in [-0.25, -0.2) is 4.79 Å². The first kappa shape index (κ1) is 11.2. The van der Waals surface area contributed by atoms with Crippen LogP contribution in [0.3, 0.4) is 0 Å². The van der Waals surface area contributed by atoms with Gasteiger partial charge in [0, 0.05) is 6.42 Å². The third kappa shape index (κ3) is 4.91. The van der Waals surface area contributed by atoms with Crippen LogP contribution in [0.2, 0.25) is 0 Å². The van der Waals surface area contributed by atoms with E-state index in [9.17, 15) is 4.79 Å². The van der Waals surface area contributed by atoms with Crippen LogP contribution in [0.1, 0.15) is 26.2 Å². The Bertz CT molecular complexity index is 152. The molecule has 0 heterocycles. The third-order valence-electron chi connectivity index (χ3n) is 1.45. The lowest BCUT2D eigenvalue weighted by molar-refractivity contribution is -0.150. The van der Waals surface area contributed by atoms with Crippen molar-refractivity contribution in [2.45, 2.75) is 32.3 Å². The summed E-state index contributed by atoms with van der Waals surface area (Å²) in [7, 11) is 1.27. The number of unbranched alkanes of at least 4 members (excludes halogenated alkanes) is 1. The van der Waals surface area contributed by atoms with Crippen molar-refractivity contribution in [3.8, 4) is 0 Å². The Hall–Kier alpha value is -0.830. The first-order chi connectivity index (χ1) is 5.72. The molecule has 0 bridgehead atoms. The first-order valence-electron chi connectivity index (χ1n) is 4.13. The van der Waals surface area contributed by atoms with Crippen LogP contribution in [0.4, 0.5) is 0 Å². The molecule has 12 heavy (non-hydrogen) atoms. The number of esters is 1. The molecule has 0 saturated heterocycles. The average Bonchev–Trinajstić information content (AvgIpc) is 2.10. The Kier molecular flexibility index (Phi) is 6.38. The van der Waals surface area contributed by atoms with Gasteiger partial charge in [-0.3, -0.25) is 0 Å². The summed E-state index contributed by atoms with van der Waals surface area (Å²) in [6.07, 6.45) is 5.13. The number of aliphatic hydroxyl groups excluding tert-OH is 1. The average molecular weight is 172 g/mol. The summed E-state index contributed by atoms with van der Waals surface area (Å²) in [5, 5.41) is 9.09. The van der Waals surface area contributed by atoms with Crippen molar-refractivity contribution in [3.63, 3.8) is 0 Å². The summed E-state index contributed by atoms with van der Waals surface area (Å²) in [6, 6.07) is 0. The van der Waals surface area contributed by atoms with Crippen LogP contribution in [0, 0.1) is 0 Å². The number of carbonyl (C=O) groups excluding carboxylic acids is 1. The Morgan fingerprint density at radius 2 is 2.25 bits per heavy atom. The number of hydrogen-bond acceptors (Lipinski definition) is 3. The van der Waals surface area contributed by atoms with Gasteiger partial charge < -0.3 is 9.84 Å². The maximum atomic E-state index is 10.7. The number of methoxy groups -OCH3 is 1. The van der Waals surface area contributed by atoms with E-state index in [4.69, 9.17) is 5.11 Å². The minimum atomic E-state index is -1.01. The summed E-state index contributed by atoms with van der Waals surface area (Å²) in [5.74, 6) is -0.573. The van der Waals surface area contributed by atoms with Crippen LogP contribution in [0.15, 0.2) is 12.2 Å². The highest BCUT2D eigenvalue weighted by atomic mass is 16.5. The van der Waals surface area contributed by atoms with Crippen LogP contribution < -0.4 is 0 Å². The molecule has 70 valence electrons. The number of carbonyl (C=O) groups is 1. The molecule has 1 unspecified atom stereocenters. The second kappa shape index (κ2) is 6.85. The third-order valence-corrected chi connectivity index (χ3v) is 1.45. The molecule has 0 rings (SSSR count). The van der Waals surface area contributed by atoms with Crippen LogP contribution in [0.25, 0.3) is 0 Å². The molecule has 0 aromatic heterocycles. The first-order valence-corrected chi connectivity index (χ1v) is 4.13. The molecule has 0 fully saturated rings. The highest BCUT2D eigenvalue weighted by Crippen LogP contribution is 1.97. The van der Waals surface area contributed by atoms with Gasteiger partial charge in [0.15, 0.2) is 6.10 Å². The van der Waals surface area contributed by atoms with E-state index in [2.05, 4.69) is 11.7 Å². The SMILES string of the molecule is CCC/C=C/CC(O)C(=O)OC. The predicted molar refractivity (Wildman–Crippen MR) is 46.7 cm³/mol. The van der Waals surface area contributed by atoms with Crippen LogP contribution in [-0.2, 0) is 9.53 Å². The minimum Gasteiger partial charge on any atom is -0.467 e. The number of aliphatic hydroxyl groups is 1. The molecule has 0 aliphatic rings. The molecule has 0 aromatic rings. The fourth-order valence-electron chi connectivity index (χ4n) is 0.742. The quantitative estimate of drug-likeness (QED) is 0.501. The van der Waals surface area contributed by atoms with Gasteiger partial charge in [-0.05, 0) is 6.42 Å². The molecule has 0 spiro atoms. The molecule has 0 amide bonds. The zero-order valence-electron chi connectivity index (χ0n) is 7.62. The maximum Gasteiger partial charge on any atom is 0.335 e. The lowest BCUT2D eigenvalue weighted by Crippen LogP contribution is -2.20. The largest absolute Gasteiger partial charge is 0.467 e. The van der Waals surface area contributed by atoms with Crippen LogP contribution in [0.5, 0.6) is 0 Å². The summed E-state index contributed by atoms with van der Waals surface area (Å²) < 4.78 is 4.35. The monoisotopic (exact) mass is 172 g/mol. The molecular weight excluding hydrogens is 156 g/mol. The lowest BCUT2D eigenvalue weighted by atomic mass is 10.2. The number of rotatable bonds is 5. The Morgan fingerprint density at radius 1 is 1.58 bits per heavy atom. The molecule has 0 aliphatic heterocycles. The van der Waals surface area contributed by atoms with Crippen molar-refractivity contribution in [1.82, 2.24) is 0 Å². The van der Waals surface area contributed by atoms with E-state index in [1.54, 1.807) is 6.08 Å². The lowest BCUT2D eigenvalue weighted by Gasteiger charge is -2.03. The van der Waals surface area contributed by atoms with E-state index in [0.29, 0.717) is 6.42 Å². The van der Waals surface area contributed by atoms with E-state index >= 15 is 0 Å². The van der Waals surface area contributed by atoms with Gasteiger partial charge in [-0.2, -0.15) is 0 Å². The Morgan fingerprint density at radius 3 is 2.75 bits per heavy atom. The second-order valence-electron chi connectivity index (χ2n) is 2.53. The van der Waals surface area contributed by atoms with Gasteiger partial charge in [-0.15, -0.1) is 0 Å². The number of ether oxygens (including phenoxy) is 1. The van der Waals surface area contributed by atoms with Crippen molar-refractivity contribution in [3.05, 3.63) is 12.2 Å². The van der Waals surface area contributed by atoms with Crippen molar-refractivity contribution in [2.24, 2.45) is 0 Å². The molecule has 0 radical (unpaired) electrons. The van der Waals surface area contributed by atoms with Crippen LogP contribution >= 0.6 is 0 Å². The van der Waals surface area contributed by atoms with E-state index in [-0.39, 0.29) is 0 Å². The fraction of sp³-hybridized carbons (Fsp3) is 0.667. The van der Waals surface area contributed by atoms with E-state index in [0.717, 1.165) is 12.8 Å². The molecule has 0 aliphatic carbocycles. The van der Waals surface area contributed by atoms with Gasteiger partial charge in [0.2, 0.25) is 0 Å². The standard InChI is InChI=1S/C9H16O3/c1-3-4-5-6-7-8(10)9(11)12-2/h5-6,8,10H,3-4,7H2,1-2H3/b6-5+. The Balaban J connectivity index is 3.55. The molecule has 1 atom stereocenters. The molecule has 3 heteroatoms. The normalized spacial score (nSPS) is 13.2. The van der Waals surface area contributed by atoms with Crippen molar-refractivity contribution in [2.75, 3.05) is 7.11 Å². The summed E-state index contributed by atoms with van der Waals surface area (Å²) in [6.45, 7) is 2.07. The zero-order chi connectivity index (χ0) is 9.40. The minimum absolute atomic E-state index is 0.340. The van der Waals surface area contributed by atoms with Gasteiger partial charge in [0.05, 0.1) is 7.11 Å².